The van der Waals surface area contributed by atoms with Crippen molar-refractivity contribution in [1.82, 2.24) is 0 Å². The Bertz CT molecular complexity index is 573. The Balaban J connectivity index is 2.43. The predicted molar refractivity (Wildman–Crippen MR) is 70.7 cm³/mol. The first-order valence-corrected chi connectivity index (χ1v) is 5.96. The molecule has 0 unspecified atom stereocenters. The van der Waals surface area contributed by atoms with Crippen LogP contribution in [-0.4, -0.2) is 22.2 Å². The maximum Gasteiger partial charge on any atom is 0.326 e. The molecule has 0 bridgehead atoms. The van der Waals surface area contributed by atoms with Crippen LogP contribution in [0.4, 0.5) is 0 Å². The van der Waals surface area contributed by atoms with Crippen LogP contribution in [0.1, 0.15) is 12.0 Å². The summed E-state index contributed by atoms with van der Waals surface area (Å²) in [5.74, 6) is -2.91. The Hall–Kier alpha value is -2.07. The molecule has 5 heteroatoms. The number of carbonyl (C=O) groups is 2. The zero-order valence-corrected chi connectivity index (χ0v) is 10.6. The number of benzene rings is 1. The molecule has 1 aromatic rings. The highest BCUT2D eigenvalue weighted by molar-refractivity contribution is 6.35. The summed E-state index contributed by atoms with van der Waals surface area (Å²) in [6.45, 7) is 0. The van der Waals surface area contributed by atoms with Gasteiger partial charge in [-0.2, -0.15) is 0 Å². The lowest BCUT2D eigenvalue weighted by Gasteiger charge is -2.26. The standard InChI is InChI=1S/C14H11ClO4/c15-11-8-10(9-4-2-1-3-5-9)6-7-14(11,12(16)17)13(18)19/h1-6,8H,7H2,(H,16,17)(H,18,19). The van der Waals surface area contributed by atoms with E-state index in [-0.39, 0.29) is 11.5 Å². The van der Waals surface area contributed by atoms with E-state index >= 15 is 0 Å². The zero-order chi connectivity index (χ0) is 14.0. The van der Waals surface area contributed by atoms with Gasteiger partial charge in [-0.15, -0.1) is 0 Å². The first-order chi connectivity index (χ1) is 8.98. The van der Waals surface area contributed by atoms with Gasteiger partial charge in [0.15, 0.2) is 0 Å². The van der Waals surface area contributed by atoms with Gasteiger partial charge >= 0.3 is 11.9 Å². The molecule has 0 heterocycles. The fourth-order valence-electron chi connectivity index (χ4n) is 1.98. The van der Waals surface area contributed by atoms with Gasteiger partial charge in [-0.05, 0) is 23.6 Å². The number of carboxylic acid groups (broad SMARTS) is 2. The number of hydrogen-bond acceptors (Lipinski definition) is 2. The fraction of sp³-hybridized carbons (Fsp3) is 0.143. The minimum Gasteiger partial charge on any atom is -0.480 e. The Morgan fingerprint density at radius 3 is 2.16 bits per heavy atom. The number of carboxylic acids is 2. The van der Waals surface area contributed by atoms with Gasteiger partial charge in [0.25, 0.3) is 0 Å². The van der Waals surface area contributed by atoms with Crippen LogP contribution < -0.4 is 0 Å². The third-order valence-corrected chi connectivity index (χ3v) is 3.59. The molecule has 0 aromatic heterocycles. The van der Waals surface area contributed by atoms with Crippen LogP contribution in [0.2, 0.25) is 0 Å². The SMILES string of the molecule is O=C(O)C1(C(=O)O)CC=C(c2ccccc2)C=C1Cl. The van der Waals surface area contributed by atoms with E-state index in [4.69, 9.17) is 21.8 Å². The largest absolute Gasteiger partial charge is 0.480 e. The first-order valence-electron chi connectivity index (χ1n) is 5.58. The minimum absolute atomic E-state index is 0.169. The van der Waals surface area contributed by atoms with Gasteiger partial charge in [0.2, 0.25) is 5.41 Å². The summed E-state index contributed by atoms with van der Waals surface area (Å²) < 4.78 is 0. The summed E-state index contributed by atoms with van der Waals surface area (Å²) in [7, 11) is 0. The minimum atomic E-state index is -2.07. The molecule has 0 aliphatic heterocycles. The van der Waals surface area contributed by atoms with Crippen molar-refractivity contribution < 1.29 is 19.8 Å². The highest BCUT2D eigenvalue weighted by Gasteiger charge is 2.50. The monoisotopic (exact) mass is 278 g/mol. The van der Waals surface area contributed by atoms with E-state index in [0.29, 0.717) is 0 Å². The molecule has 4 nitrogen and oxygen atoms in total. The molecule has 0 radical (unpaired) electrons. The zero-order valence-electron chi connectivity index (χ0n) is 9.84. The molecule has 0 atom stereocenters. The topological polar surface area (TPSA) is 74.6 Å². The third-order valence-electron chi connectivity index (χ3n) is 3.16. The quantitative estimate of drug-likeness (QED) is 0.834. The summed E-state index contributed by atoms with van der Waals surface area (Å²) in [4.78, 5) is 22.5. The number of allylic oxidation sites excluding steroid dienone is 3. The van der Waals surface area contributed by atoms with Crippen LogP contribution in [0.15, 0.2) is 47.5 Å². The Kier molecular flexibility index (Phi) is 3.44. The molecule has 1 aliphatic carbocycles. The number of rotatable bonds is 3. The molecule has 0 fully saturated rings. The van der Waals surface area contributed by atoms with Crippen molar-refractivity contribution >= 4 is 29.1 Å². The normalized spacial score (nSPS) is 17.3. The molecule has 0 amide bonds. The Labute approximate surface area is 114 Å². The molecule has 0 saturated heterocycles. The molecule has 2 N–H and O–H groups in total. The van der Waals surface area contributed by atoms with Gasteiger partial charge in [-0.3, -0.25) is 9.59 Å². The Morgan fingerprint density at radius 1 is 1.11 bits per heavy atom. The summed E-state index contributed by atoms with van der Waals surface area (Å²) in [6.07, 6.45) is 2.82. The van der Waals surface area contributed by atoms with E-state index in [2.05, 4.69) is 0 Å². The summed E-state index contributed by atoms with van der Waals surface area (Å²) in [6, 6.07) is 9.24. The molecule has 0 spiro atoms. The van der Waals surface area contributed by atoms with Gasteiger partial charge in [0.1, 0.15) is 0 Å². The van der Waals surface area contributed by atoms with Crippen molar-refractivity contribution in [2.45, 2.75) is 6.42 Å². The number of aliphatic carboxylic acids is 2. The average molecular weight is 279 g/mol. The second kappa shape index (κ2) is 4.90. The molecule has 19 heavy (non-hydrogen) atoms. The van der Waals surface area contributed by atoms with Crippen LogP contribution in [-0.2, 0) is 9.59 Å². The third kappa shape index (κ3) is 2.15. The van der Waals surface area contributed by atoms with Crippen molar-refractivity contribution in [2.75, 3.05) is 0 Å². The second-order valence-electron chi connectivity index (χ2n) is 4.24. The van der Waals surface area contributed by atoms with Crippen molar-refractivity contribution in [3.8, 4) is 0 Å². The molecular formula is C14H11ClO4. The van der Waals surface area contributed by atoms with E-state index < -0.39 is 17.4 Å². The average Bonchev–Trinajstić information content (AvgIpc) is 2.39. The van der Waals surface area contributed by atoms with Crippen LogP contribution in [0.3, 0.4) is 0 Å². The molecular weight excluding hydrogens is 268 g/mol. The van der Waals surface area contributed by atoms with Crippen molar-refractivity contribution in [2.24, 2.45) is 5.41 Å². The molecule has 2 rings (SSSR count). The maximum atomic E-state index is 11.2. The van der Waals surface area contributed by atoms with E-state index in [9.17, 15) is 9.59 Å². The summed E-state index contributed by atoms with van der Waals surface area (Å²) >= 11 is 5.93. The van der Waals surface area contributed by atoms with Gasteiger partial charge < -0.3 is 10.2 Å². The summed E-state index contributed by atoms with van der Waals surface area (Å²) in [5.41, 5.74) is -0.478. The molecule has 98 valence electrons. The fourth-order valence-corrected chi connectivity index (χ4v) is 2.34. The molecule has 0 saturated carbocycles. The van der Waals surface area contributed by atoms with Gasteiger partial charge in [-0.25, -0.2) is 0 Å². The lowest BCUT2D eigenvalue weighted by molar-refractivity contribution is -0.160. The van der Waals surface area contributed by atoms with Crippen LogP contribution >= 0.6 is 11.6 Å². The van der Waals surface area contributed by atoms with E-state index in [1.165, 1.54) is 6.08 Å². The number of hydrogen-bond donors (Lipinski definition) is 2. The smallest absolute Gasteiger partial charge is 0.326 e. The Morgan fingerprint density at radius 2 is 1.68 bits per heavy atom. The van der Waals surface area contributed by atoms with Crippen molar-refractivity contribution in [3.63, 3.8) is 0 Å². The van der Waals surface area contributed by atoms with Crippen LogP contribution in [0.25, 0.3) is 5.57 Å². The highest BCUT2D eigenvalue weighted by atomic mass is 35.5. The molecule has 1 aliphatic rings. The lowest BCUT2D eigenvalue weighted by Crippen LogP contribution is -2.40. The van der Waals surface area contributed by atoms with Gasteiger partial charge in [0.05, 0.1) is 0 Å². The number of halogens is 1. The van der Waals surface area contributed by atoms with Crippen LogP contribution in [0.5, 0.6) is 0 Å². The van der Waals surface area contributed by atoms with Gasteiger partial charge in [-0.1, -0.05) is 48.0 Å². The van der Waals surface area contributed by atoms with E-state index in [0.717, 1.165) is 11.1 Å². The van der Waals surface area contributed by atoms with Crippen molar-refractivity contribution in [3.05, 3.63) is 53.1 Å². The lowest BCUT2D eigenvalue weighted by atomic mass is 9.79. The predicted octanol–water partition coefficient (Wildman–Crippen LogP) is 2.75. The molecule has 1 aromatic carbocycles. The van der Waals surface area contributed by atoms with Crippen LogP contribution in [0, 0.1) is 5.41 Å². The van der Waals surface area contributed by atoms with Crippen molar-refractivity contribution in [1.29, 1.82) is 0 Å². The first kappa shape index (κ1) is 13.4. The highest BCUT2D eigenvalue weighted by Crippen LogP contribution is 2.41. The summed E-state index contributed by atoms with van der Waals surface area (Å²) in [5, 5.41) is 18.1. The van der Waals surface area contributed by atoms with E-state index in [1.807, 2.05) is 30.3 Å². The van der Waals surface area contributed by atoms with Gasteiger partial charge in [0, 0.05) is 5.03 Å². The van der Waals surface area contributed by atoms with E-state index in [1.54, 1.807) is 6.08 Å². The maximum absolute atomic E-state index is 11.2. The second-order valence-corrected chi connectivity index (χ2v) is 4.64.